The van der Waals surface area contributed by atoms with Gasteiger partial charge in [-0.2, -0.15) is 0 Å². The standard InChI is InChI=1S/C25H27BrN4O2/c1-29-11-13-30(14-12-29)24-10-9-20(16-27-24)17-28-25(31)22-7-2-3-8-23(22)32-18-19-5-4-6-21(26)15-19/h2-10,15-16H,11-14,17-18H2,1H3,(H,28,31). The second-order valence-electron chi connectivity index (χ2n) is 7.91. The molecule has 0 aliphatic carbocycles. The molecule has 0 saturated carbocycles. The second kappa shape index (κ2) is 10.6. The maximum absolute atomic E-state index is 12.8. The number of para-hydroxylation sites is 1. The molecule has 1 fully saturated rings. The van der Waals surface area contributed by atoms with Gasteiger partial charge in [0.1, 0.15) is 18.2 Å². The van der Waals surface area contributed by atoms with Crippen molar-refractivity contribution in [2.24, 2.45) is 0 Å². The van der Waals surface area contributed by atoms with E-state index < -0.39 is 0 Å². The van der Waals surface area contributed by atoms with Gasteiger partial charge < -0.3 is 19.9 Å². The number of nitrogens with one attached hydrogen (secondary N) is 1. The Morgan fingerprint density at radius 2 is 1.84 bits per heavy atom. The number of aromatic nitrogens is 1. The van der Waals surface area contributed by atoms with E-state index in [0.29, 0.717) is 24.5 Å². The Hall–Kier alpha value is -2.90. The Balaban J connectivity index is 1.34. The third-order valence-electron chi connectivity index (χ3n) is 5.50. The number of hydrogen-bond donors (Lipinski definition) is 1. The number of benzene rings is 2. The first-order valence-electron chi connectivity index (χ1n) is 10.7. The number of piperazine rings is 1. The molecule has 1 amide bonds. The lowest BCUT2D eigenvalue weighted by Crippen LogP contribution is -2.44. The second-order valence-corrected chi connectivity index (χ2v) is 8.83. The molecule has 0 radical (unpaired) electrons. The minimum absolute atomic E-state index is 0.169. The molecule has 1 N–H and O–H groups in total. The van der Waals surface area contributed by atoms with E-state index in [2.05, 4.69) is 43.1 Å². The number of rotatable bonds is 7. The molecule has 4 rings (SSSR count). The summed E-state index contributed by atoms with van der Waals surface area (Å²) in [5.74, 6) is 1.38. The van der Waals surface area contributed by atoms with Crippen LogP contribution in [0.4, 0.5) is 5.82 Å². The smallest absolute Gasteiger partial charge is 0.255 e. The minimum atomic E-state index is -0.169. The van der Waals surface area contributed by atoms with E-state index in [0.717, 1.165) is 47.6 Å². The monoisotopic (exact) mass is 494 g/mol. The number of ether oxygens (including phenoxy) is 1. The fourth-order valence-electron chi connectivity index (χ4n) is 3.59. The zero-order valence-electron chi connectivity index (χ0n) is 18.1. The van der Waals surface area contributed by atoms with E-state index in [-0.39, 0.29) is 5.91 Å². The maximum Gasteiger partial charge on any atom is 0.255 e. The number of likely N-dealkylation sites (N-methyl/N-ethyl adjacent to an activating group) is 1. The molecule has 166 valence electrons. The average molecular weight is 495 g/mol. The number of amides is 1. The Labute approximate surface area is 197 Å². The van der Waals surface area contributed by atoms with Crippen molar-refractivity contribution in [1.29, 1.82) is 0 Å². The molecule has 6 nitrogen and oxygen atoms in total. The summed E-state index contributed by atoms with van der Waals surface area (Å²) in [6.07, 6.45) is 1.84. The number of pyridine rings is 1. The molecule has 1 aromatic heterocycles. The van der Waals surface area contributed by atoms with Gasteiger partial charge in [-0.25, -0.2) is 4.98 Å². The number of carbonyl (C=O) groups is 1. The van der Waals surface area contributed by atoms with Gasteiger partial charge in [0.2, 0.25) is 0 Å². The fraction of sp³-hybridized carbons (Fsp3) is 0.280. The van der Waals surface area contributed by atoms with Crippen molar-refractivity contribution in [2.45, 2.75) is 13.2 Å². The summed E-state index contributed by atoms with van der Waals surface area (Å²) < 4.78 is 6.94. The van der Waals surface area contributed by atoms with E-state index in [9.17, 15) is 4.79 Å². The van der Waals surface area contributed by atoms with Crippen molar-refractivity contribution >= 4 is 27.7 Å². The van der Waals surface area contributed by atoms with Crippen LogP contribution in [0, 0.1) is 0 Å². The maximum atomic E-state index is 12.8. The highest BCUT2D eigenvalue weighted by atomic mass is 79.9. The summed E-state index contributed by atoms with van der Waals surface area (Å²) in [5.41, 5.74) is 2.51. The minimum Gasteiger partial charge on any atom is -0.488 e. The fourth-order valence-corrected chi connectivity index (χ4v) is 4.04. The van der Waals surface area contributed by atoms with Crippen LogP contribution in [0.5, 0.6) is 5.75 Å². The molecule has 0 bridgehead atoms. The molecular formula is C25H27BrN4O2. The van der Waals surface area contributed by atoms with E-state index >= 15 is 0 Å². The summed E-state index contributed by atoms with van der Waals surface area (Å²) in [6, 6.07) is 19.3. The van der Waals surface area contributed by atoms with Gasteiger partial charge in [-0.15, -0.1) is 0 Å². The van der Waals surface area contributed by atoms with Crippen LogP contribution in [0.15, 0.2) is 71.3 Å². The zero-order valence-corrected chi connectivity index (χ0v) is 19.7. The topological polar surface area (TPSA) is 57.7 Å². The van der Waals surface area contributed by atoms with Crippen molar-refractivity contribution < 1.29 is 9.53 Å². The van der Waals surface area contributed by atoms with Gasteiger partial charge in [-0.3, -0.25) is 4.79 Å². The average Bonchev–Trinajstić information content (AvgIpc) is 2.82. The number of nitrogens with zero attached hydrogens (tertiary/aromatic N) is 3. The van der Waals surface area contributed by atoms with Crippen LogP contribution in [0.1, 0.15) is 21.5 Å². The van der Waals surface area contributed by atoms with E-state index in [4.69, 9.17) is 4.74 Å². The predicted octanol–water partition coefficient (Wildman–Crippen LogP) is 4.10. The molecule has 2 aromatic carbocycles. The first-order valence-corrected chi connectivity index (χ1v) is 11.5. The molecule has 32 heavy (non-hydrogen) atoms. The summed E-state index contributed by atoms with van der Waals surface area (Å²) in [5, 5.41) is 2.98. The highest BCUT2D eigenvalue weighted by molar-refractivity contribution is 9.10. The van der Waals surface area contributed by atoms with Gasteiger partial charge in [0.05, 0.1) is 5.56 Å². The van der Waals surface area contributed by atoms with E-state index in [1.165, 1.54) is 0 Å². The van der Waals surface area contributed by atoms with Gasteiger partial charge >= 0.3 is 0 Å². The van der Waals surface area contributed by atoms with Crippen LogP contribution >= 0.6 is 15.9 Å². The lowest BCUT2D eigenvalue weighted by Gasteiger charge is -2.33. The molecule has 1 aliphatic heterocycles. The van der Waals surface area contributed by atoms with Crippen molar-refractivity contribution in [1.82, 2.24) is 15.2 Å². The van der Waals surface area contributed by atoms with Gasteiger partial charge in [0, 0.05) is 43.4 Å². The van der Waals surface area contributed by atoms with Crippen LogP contribution in [0.2, 0.25) is 0 Å². The third-order valence-corrected chi connectivity index (χ3v) is 6.00. The molecule has 2 heterocycles. The van der Waals surface area contributed by atoms with Crippen molar-refractivity contribution in [3.05, 3.63) is 88.0 Å². The third kappa shape index (κ3) is 5.87. The Morgan fingerprint density at radius 3 is 2.59 bits per heavy atom. The molecule has 0 atom stereocenters. The molecule has 3 aromatic rings. The molecule has 7 heteroatoms. The van der Waals surface area contributed by atoms with Crippen LogP contribution in [-0.2, 0) is 13.2 Å². The van der Waals surface area contributed by atoms with Gasteiger partial charge in [0.25, 0.3) is 5.91 Å². The summed E-state index contributed by atoms with van der Waals surface area (Å²) in [7, 11) is 2.14. The van der Waals surface area contributed by atoms with Crippen molar-refractivity contribution in [2.75, 3.05) is 38.1 Å². The number of carbonyl (C=O) groups excluding carboxylic acids is 1. The number of anilines is 1. The summed E-state index contributed by atoms with van der Waals surface area (Å²) in [4.78, 5) is 22.0. The zero-order chi connectivity index (χ0) is 22.3. The lowest BCUT2D eigenvalue weighted by molar-refractivity contribution is 0.0946. The Morgan fingerprint density at radius 1 is 1.03 bits per heavy atom. The Bertz CT molecular complexity index is 1050. The van der Waals surface area contributed by atoms with Crippen LogP contribution in [-0.4, -0.2) is 49.0 Å². The molecule has 1 saturated heterocycles. The van der Waals surface area contributed by atoms with Gasteiger partial charge in [-0.05, 0) is 48.5 Å². The predicted molar refractivity (Wildman–Crippen MR) is 130 cm³/mol. The Kier molecular flexibility index (Phi) is 7.39. The van der Waals surface area contributed by atoms with Crippen molar-refractivity contribution in [3.8, 4) is 5.75 Å². The summed E-state index contributed by atoms with van der Waals surface area (Å²) in [6.45, 7) is 4.86. The molecule has 0 unspecified atom stereocenters. The first-order chi connectivity index (χ1) is 15.6. The van der Waals surface area contributed by atoms with Crippen LogP contribution in [0.25, 0.3) is 0 Å². The number of halogens is 1. The van der Waals surface area contributed by atoms with Gasteiger partial charge in [-0.1, -0.05) is 46.3 Å². The van der Waals surface area contributed by atoms with Crippen molar-refractivity contribution in [3.63, 3.8) is 0 Å². The summed E-state index contributed by atoms with van der Waals surface area (Å²) >= 11 is 3.47. The SMILES string of the molecule is CN1CCN(c2ccc(CNC(=O)c3ccccc3OCc3cccc(Br)c3)cn2)CC1. The normalized spacial score (nSPS) is 14.2. The highest BCUT2D eigenvalue weighted by Gasteiger charge is 2.15. The van der Waals surface area contributed by atoms with Crippen LogP contribution < -0.4 is 15.0 Å². The van der Waals surface area contributed by atoms with E-state index in [1.807, 2.05) is 60.8 Å². The highest BCUT2D eigenvalue weighted by Crippen LogP contribution is 2.21. The largest absolute Gasteiger partial charge is 0.488 e. The molecular weight excluding hydrogens is 468 g/mol. The number of hydrogen-bond acceptors (Lipinski definition) is 5. The first kappa shape index (κ1) is 22.3. The lowest BCUT2D eigenvalue weighted by atomic mass is 10.1. The molecule has 0 spiro atoms. The quantitative estimate of drug-likeness (QED) is 0.535. The van der Waals surface area contributed by atoms with Crippen LogP contribution in [0.3, 0.4) is 0 Å². The van der Waals surface area contributed by atoms with Gasteiger partial charge in [0.15, 0.2) is 0 Å². The van der Waals surface area contributed by atoms with E-state index in [1.54, 1.807) is 6.07 Å². The molecule has 1 aliphatic rings.